The van der Waals surface area contributed by atoms with E-state index in [0.717, 1.165) is 43.7 Å². The van der Waals surface area contributed by atoms with Crippen LogP contribution in [0.1, 0.15) is 18.9 Å². The van der Waals surface area contributed by atoms with Crippen LogP contribution in [-0.4, -0.2) is 44.2 Å². The van der Waals surface area contributed by atoms with Gasteiger partial charge in [0, 0.05) is 25.7 Å². The number of likely N-dealkylation sites (N-methyl/N-ethyl adjacent to an activating group) is 1. The summed E-state index contributed by atoms with van der Waals surface area (Å²) in [5.41, 5.74) is 7.21. The lowest BCUT2D eigenvalue weighted by atomic mass is 10.1. The lowest BCUT2D eigenvalue weighted by molar-refractivity contribution is 0.213. The van der Waals surface area contributed by atoms with Crippen LogP contribution < -0.4 is 10.6 Å². The molecule has 2 rings (SSSR count). The zero-order valence-corrected chi connectivity index (χ0v) is 11.9. The number of nitrogens with zero attached hydrogens (tertiary/aromatic N) is 2. The molecule has 1 aromatic carbocycles. The Morgan fingerprint density at radius 1 is 1.37 bits per heavy atom. The van der Waals surface area contributed by atoms with Crippen molar-refractivity contribution in [2.24, 2.45) is 5.73 Å². The van der Waals surface area contributed by atoms with E-state index < -0.39 is 0 Å². The van der Waals surface area contributed by atoms with Crippen LogP contribution in [0.5, 0.6) is 0 Å². The summed E-state index contributed by atoms with van der Waals surface area (Å²) in [7, 11) is 2.15. The van der Waals surface area contributed by atoms with Crippen LogP contribution in [0.2, 0.25) is 0 Å². The van der Waals surface area contributed by atoms with Crippen LogP contribution in [0.15, 0.2) is 18.2 Å². The van der Waals surface area contributed by atoms with Crippen molar-refractivity contribution in [3.05, 3.63) is 29.6 Å². The van der Waals surface area contributed by atoms with Crippen LogP contribution in [0.3, 0.4) is 0 Å². The molecule has 0 spiro atoms. The first-order valence-electron chi connectivity index (χ1n) is 7.09. The van der Waals surface area contributed by atoms with Crippen LogP contribution >= 0.6 is 0 Å². The second-order valence-corrected chi connectivity index (χ2v) is 5.31. The largest absolute Gasteiger partial charge is 0.366 e. The van der Waals surface area contributed by atoms with Gasteiger partial charge in [0.2, 0.25) is 0 Å². The second-order valence-electron chi connectivity index (χ2n) is 5.31. The lowest BCUT2D eigenvalue weighted by Gasteiger charge is -2.40. The standard InChI is InChI=1S/C15H24FN3/c1-3-13-11-19(9-8-18(13)2)15-5-4-12(6-7-17)10-14(15)16/h4-5,10,13H,3,6-9,11,17H2,1-2H3. The minimum absolute atomic E-state index is 0.120. The van der Waals surface area contributed by atoms with Gasteiger partial charge >= 0.3 is 0 Å². The molecule has 1 fully saturated rings. The highest BCUT2D eigenvalue weighted by Gasteiger charge is 2.24. The van der Waals surface area contributed by atoms with Gasteiger partial charge in [0.05, 0.1) is 5.69 Å². The average molecular weight is 265 g/mol. The second kappa shape index (κ2) is 6.35. The van der Waals surface area contributed by atoms with Crippen LogP contribution in [0.25, 0.3) is 0 Å². The van der Waals surface area contributed by atoms with Crippen molar-refractivity contribution in [2.45, 2.75) is 25.8 Å². The minimum atomic E-state index is -0.120. The Labute approximate surface area is 115 Å². The third kappa shape index (κ3) is 3.25. The van der Waals surface area contributed by atoms with E-state index in [-0.39, 0.29) is 5.82 Å². The SMILES string of the molecule is CCC1CN(c2ccc(CCN)cc2F)CCN1C. The number of hydrogen-bond acceptors (Lipinski definition) is 3. The van der Waals surface area contributed by atoms with Crippen LogP contribution in [-0.2, 0) is 6.42 Å². The van der Waals surface area contributed by atoms with Crippen molar-refractivity contribution < 1.29 is 4.39 Å². The Morgan fingerprint density at radius 2 is 2.16 bits per heavy atom. The van der Waals surface area contributed by atoms with Gasteiger partial charge in [-0.05, 0) is 44.1 Å². The molecule has 19 heavy (non-hydrogen) atoms. The fourth-order valence-corrected chi connectivity index (χ4v) is 2.73. The van der Waals surface area contributed by atoms with Crippen molar-refractivity contribution in [3.8, 4) is 0 Å². The molecule has 1 atom stereocenters. The van der Waals surface area contributed by atoms with Crippen LogP contribution in [0.4, 0.5) is 10.1 Å². The number of halogens is 1. The highest BCUT2D eigenvalue weighted by atomic mass is 19.1. The fraction of sp³-hybridized carbons (Fsp3) is 0.600. The predicted molar refractivity (Wildman–Crippen MR) is 78.1 cm³/mol. The zero-order chi connectivity index (χ0) is 13.8. The Hall–Kier alpha value is -1.13. The van der Waals surface area contributed by atoms with Gasteiger partial charge in [0.15, 0.2) is 0 Å². The Kier molecular flexibility index (Phi) is 4.77. The first-order valence-corrected chi connectivity index (χ1v) is 7.09. The number of nitrogens with two attached hydrogens (primary N) is 1. The molecule has 0 aliphatic carbocycles. The molecule has 4 heteroatoms. The highest BCUT2D eigenvalue weighted by Crippen LogP contribution is 2.24. The predicted octanol–water partition coefficient (Wildman–Crippen LogP) is 1.86. The molecule has 106 valence electrons. The zero-order valence-electron chi connectivity index (χ0n) is 11.9. The number of hydrogen-bond donors (Lipinski definition) is 1. The molecule has 3 nitrogen and oxygen atoms in total. The van der Waals surface area contributed by atoms with Gasteiger partial charge in [-0.1, -0.05) is 13.0 Å². The molecule has 1 unspecified atom stereocenters. The molecule has 2 N–H and O–H groups in total. The van der Waals surface area contributed by atoms with E-state index in [9.17, 15) is 4.39 Å². The molecule has 1 saturated heterocycles. The maximum absolute atomic E-state index is 14.2. The van der Waals surface area contributed by atoms with Crippen LogP contribution in [0, 0.1) is 5.82 Å². The van der Waals surface area contributed by atoms with Crippen molar-refractivity contribution >= 4 is 5.69 Å². The maximum atomic E-state index is 14.2. The Morgan fingerprint density at radius 3 is 2.79 bits per heavy atom. The number of rotatable bonds is 4. The third-order valence-electron chi connectivity index (χ3n) is 4.03. The smallest absolute Gasteiger partial charge is 0.146 e. The normalized spacial score (nSPS) is 20.8. The minimum Gasteiger partial charge on any atom is -0.366 e. The molecule has 1 aliphatic heterocycles. The maximum Gasteiger partial charge on any atom is 0.146 e. The summed E-state index contributed by atoms with van der Waals surface area (Å²) in [4.78, 5) is 4.52. The quantitative estimate of drug-likeness (QED) is 0.902. The van der Waals surface area contributed by atoms with Gasteiger partial charge in [-0.15, -0.1) is 0 Å². The van der Waals surface area contributed by atoms with Gasteiger partial charge in [0.1, 0.15) is 5.82 Å². The molecule has 1 heterocycles. The molecular weight excluding hydrogens is 241 g/mol. The average Bonchev–Trinajstić information content (AvgIpc) is 2.40. The van der Waals surface area contributed by atoms with E-state index in [1.54, 1.807) is 6.07 Å². The molecule has 0 bridgehead atoms. The van der Waals surface area contributed by atoms with E-state index in [4.69, 9.17) is 5.73 Å². The summed E-state index contributed by atoms with van der Waals surface area (Å²) in [6.07, 6.45) is 1.83. The molecule has 1 aliphatic rings. The molecular formula is C15H24FN3. The summed E-state index contributed by atoms with van der Waals surface area (Å²) in [6, 6.07) is 6.03. The first kappa shape index (κ1) is 14.3. The Balaban J connectivity index is 2.13. The van der Waals surface area contributed by atoms with Gasteiger partial charge in [-0.3, -0.25) is 4.90 Å². The lowest BCUT2D eigenvalue weighted by Crippen LogP contribution is -2.51. The highest BCUT2D eigenvalue weighted by molar-refractivity contribution is 5.50. The molecule has 1 aromatic rings. The summed E-state index contributed by atoms with van der Waals surface area (Å²) in [6.45, 7) is 5.53. The van der Waals surface area contributed by atoms with Crippen molar-refractivity contribution in [2.75, 3.05) is 38.1 Å². The summed E-state index contributed by atoms with van der Waals surface area (Å²) < 4.78 is 14.2. The van der Waals surface area contributed by atoms with Gasteiger partial charge < -0.3 is 10.6 Å². The third-order valence-corrected chi connectivity index (χ3v) is 4.03. The molecule has 0 aromatic heterocycles. The number of anilines is 1. The van der Waals surface area contributed by atoms with Gasteiger partial charge in [0.25, 0.3) is 0 Å². The first-order chi connectivity index (χ1) is 9.15. The number of piperazine rings is 1. The van der Waals surface area contributed by atoms with E-state index >= 15 is 0 Å². The Bertz CT molecular complexity index is 422. The topological polar surface area (TPSA) is 32.5 Å². The van der Waals surface area contributed by atoms with Crippen molar-refractivity contribution in [1.29, 1.82) is 0 Å². The fourth-order valence-electron chi connectivity index (χ4n) is 2.73. The van der Waals surface area contributed by atoms with E-state index in [2.05, 4.69) is 23.8 Å². The molecule has 0 radical (unpaired) electrons. The molecule has 0 amide bonds. The monoisotopic (exact) mass is 265 g/mol. The number of benzene rings is 1. The summed E-state index contributed by atoms with van der Waals surface area (Å²) in [5, 5.41) is 0. The van der Waals surface area contributed by atoms with Crippen molar-refractivity contribution in [3.63, 3.8) is 0 Å². The van der Waals surface area contributed by atoms with Crippen molar-refractivity contribution in [1.82, 2.24) is 4.90 Å². The summed E-state index contributed by atoms with van der Waals surface area (Å²) >= 11 is 0. The van der Waals surface area contributed by atoms with Gasteiger partial charge in [-0.25, -0.2) is 4.39 Å². The van der Waals surface area contributed by atoms with E-state index in [1.165, 1.54) is 0 Å². The molecule has 0 saturated carbocycles. The van der Waals surface area contributed by atoms with Gasteiger partial charge in [-0.2, -0.15) is 0 Å². The summed E-state index contributed by atoms with van der Waals surface area (Å²) in [5.74, 6) is -0.120. The van der Waals surface area contributed by atoms with E-state index in [0.29, 0.717) is 12.6 Å². The van der Waals surface area contributed by atoms with E-state index in [1.807, 2.05) is 12.1 Å².